The number of benzene rings is 8. The van der Waals surface area contributed by atoms with Gasteiger partial charge < -0.3 is 8.98 Å². The van der Waals surface area contributed by atoms with E-state index in [1.165, 1.54) is 42.1 Å². The molecule has 6 heteroatoms. The highest BCUT2D eigenvalue weighted by atomic mass is 32.1. The number of fused-ring (bicyclic) bond motifs is 9. The third kappa shape index (κ3) is 5.04. The Balaban J connectivity index is 1.11. The first-order valence-corrected chi connectivity index (χ1v) is 19.8. The summed E-state index contributed by atoms with van der Waals surface area (Å²) >= 11 is 1.80. The Morgan fingerprint density at radius 1 is 0.386 bits per heavy atom. The van der Waals surface area contributed by atoms with Gasteiger partial charge in [0.15, 0.2) is 17.5 Å². The minimum absolute atomic E-state index is 0.555. The SMILES string of the molecule is c1ccc(-c2ccc3c(c2)c2ccccc2n3-c2ccccc2-c2nc(-c3ccc4sc5ccccc5c4c3)nc(-c3cccc4c3oc3ccccc34)n2)cc1. The molecule has 0 atom stereocenters. The second-order valence-corrected chi connectivity index (χ2v) is 15.4. The van der Waals surface area contributed by atoms with Crippen molar-refractivity contribution >= 4 is 75.3 Å². The van der Waals surface area contributed by atoms with E-state index in [2.05, 4.69) is 162 Å². The van der Waals surface area contributed by atoms with Crippen molar-refractivity contribution in [2.24, 2.45) is 0 Å². The number of rotatable bonds is 5. The van der Waals surface area contributed by atoms with Crippen LogP contribution in [0.2, 0.25) is 0 Å². The van der Waals surface area contributed by atoms with E-state index in [9.17, 15) is 0 Å². The third-order valence-corrected chi connectivity index (χ3v) is 12.2. The molecule has 57 heavy (non-hydrogen) atoms. The smallest absolute Gasteiger partial charge is 0.167 e. The number of para-hydroxylation sites is 4. The van der Waals surface area contributed by atoms with Gasteiger partial charge in [0, 0.05) is 52.8 Å². The molecule has 12 rings (SSSR count). The highest BCUT2D eigenvalue weighted by Crippen LogP contribution is 2.41. The van der Waals surface area contributed by atoms with Crippen LogP contribution >= 0.6 is 11.3 Å². The fraction of sp³-hybridized carbons (Fsp3) is 0. The topological polar surface area (TPSA) is 56.7 Å². The minimum Gasteiger partial charge on any atom is -0.455 e. The van der Waals surface area contributed by atoms with Gasteiger partial charge in [0.2, 0.25) is 0 Å². The Hall–Kier alpha value is -7.41. The van der Waals surface area contributed by atoms with E-state index < -0.39 is 0 Å². The second-order valence-electron chi connectivity index (χ2n) is 14.4. The van der Waals surface area contributed by atoms with Crippen molar-refractivity contribution < 1.29 is 4.42 Å². The molecule has 0 aliphatic carbocycles. The van der Waals surface area contributed by atoms with Crippen LogP contribution in [0.15, 0.2) is 186 Å². The zero-order valence-electron chi connectivity index (χ0n) is 30.4. The van der Waals surface area contributed by atoms with Crippen molar-refractivity contribution in [2.45, 2.75) is 0 Å². The molecule has 0 unspecified atom stereocenters. The molecule has 0 saturated heterocycles. The number of furan rings is 1. The van der Waals surface area contributed by atoms with Crippen molar-refractivity contribution in [3.05, 3.63) is 182 Å². The third-order valence-electron chi connectivity index (χ3n) is 11.1. The fourth-order valence-electron chi connectivity index (χ4n) is 8.43. The van der Waals surface area contributed by atoms with Crippen LogP contribution in [0.5, 0.6) is 0 Å². The van der Waals surface area contributed by atoms with E-state index in [4.69, 9.17) is 19.4 Å². The normalized spacial score (nSPS) is 11.9. The van der Waals surface area contributed by atoms with E-state index in [-0.39, 0.29) is 0 Å². The van der Waals surface area contributed by atoms with E-state index in [0.717, 1.165) is 55.3 Å². The summed E-state index contributed by atoms with van der Waals surface area (Å²) in [6.07, 6.45) is 0. The molecular weight excluding hydrogens is 717 g/mol. The number of aromatic nitrogens is 4. The van der Waals surface area contributed by atoms with Crippen LogP contribution in [0.25, 0.3) is 115 Å². The molecule has 266 valence electrons. The number of hydrogen-bond donors (Lipinski definition) is 0. The molecule has 0 spiro atoms. The maximum Gasteiger partial charge on any atom is 0.167 e. The molecule has 0 amide bonds. The van der Waals surface area contributed by atoms with Crippen LogP contribution in [0.1, 0.15) is 0 Å². The van der Waals surface area contributed by atoms with Crippen LogP contribution in [0, 0.1) is 0 Å². The maximum absolute atomic E-state index is 6.54. The van der Waals surface area contributed by atoms with Gasteiger partial charge in [0.1, 0.15) is 11.2 Å². The summed E-state index contributed by atoms with van der Waals surface area (Å²) < 4.78 is 11.4. The molecule has 4 heterocycles. The fourth-order valence-corrected chi connectivity index (χ4v) is 9.52. The molecule has 0 fully saturated rings. The van der Waals surface area contributed by atoms with Gasteiger partial charge in [-0.05, 0) is 77.9 Å². The van der Waals surface area contributed by atoms with E-state index in [1.807, 2.05) is 24.3 Å². The molecule has 12 aromatic rings. The second kappa shape index (κ2) is 12.6. The van der Waals surface area contributed by atoms with Crippen LogP contribution in [0.4, 0.5) is 0 Å². The van der Waals surface area contributed by atoms with Gasteiger partial charge in [0.05, 0.1) is 22.3 Å². The lowest BCUT2D eigenvalue weighted by atomic mass is 10.0. The summed E-state index contributed by atoms with van der Waals surface area (Å²) in [7, 11) is 0. The molecule has 0 saturated carbocycles. The van der Waals surface area contributed by atoms with Gasteiger partial charge >= 0.3 is 0 Å². The predicted molar refractivity (Wildman–Crippen MR) is 236 cm³/mol. The number of hydrogen-bond acceptors (Lipinski definition) is 5. The predicted octanol–water partition coefficient (Wildman–Crippen LogP) is 13.9. The van der Waals surface area contributed by atoms with Crippen molar-refractivity contribution in [3.63, 3.8) is 0 Å². The van der Waals surface area contributed by atoms with Crippen molar-refractivity contribution in [1.82, 2.24) is 19.5 Å². The first-order chi connectivity index (χ1) is 28.2. The minimum atomic E-state index is 0.555. The molecule has 5 nitrogen and oxygen atoms in total. The summed E-state index contributed by atoms with van der Waals surface area (Å²) in [6, 6.07) is 63.9. The highest BCUT2D eigenvalue weighted by Gasteiger charge is 2.22. The molecule has 0 radical (unpaired) electrons. The zero-order valence-corrected chi connectivity index (χ0v) is 31.2. The average Bonchev–Trinajstić information content (AvgIpc) is 3.96. The Morgan fingerprint density at radius 3 is 1.93 bits per heavy atom. The van der Waals surface area contributed by atoms with Crippen molar-refractivity contribution in [1.29, 1.82) is 0 Å². The Labute approximate surface area is 330 Å². The molecule has 0 bridgehead atoms. The van der Waals surface area contributed by atoms with Crippen molar-refractivity contribution in [2.75, 3.05) is 0 Å². The standard InChI is InChI=1S/C51H30N4OS/c1-2-13-31(14-3-1)32-25-27-44-40(29-32)34-15-4-8-21-42(34)55(44)43-22-9-5-18-38(43)50-52-49(33-26-28-47-41(30-33)36-17-7-11-24-46(36)57-47)53-51(54-50)39-20-12-19-37-35-16-6-10-23-45(35)56-48(37)39/h1-30H. The molecule has 0 aliphatic rings. The van der Waals surface area contributed by atoms with Crippen LogP contribution in [-0.4, -0.2) is 19.5 Å². The lowest BCUT2D eigenvalue weighted by Gasteiger charge is -2.15. The van der Waals surface area contributed by atoms with Gasteiger partial charge in [-0.25, -0.2) is 15.0 Å². The molecule has 0 N–H and O–H groups in total. The van der Waals surface area contributed by atoms with E-state index >= 15 is 0 Å². The first-order valence-electron chi connectivity index (χ1n) is 19.0. The largest absolute Gasteiger partial charge is 0.455 e. The molecule has 4 aromatic heterocycles. The number of nitrogens with zero attached hydrogens (tertiary/aromatic N) is 4. The van der Waals surface area contributed by atoms with Gasteiger partial charge in [-0.15, -0.1) is 11.3 Å². The number of thiophene rings is 1. The van der Waals surface area contributed by atoms with E-state index in [0.29, 0.717) is 17.5 Å². The van der Waals surface area contributed by atoms with Crippen LogP contribution in [-0.2, 0) is 0 Å². The summed E-state index contributed by atoms with van der Waals surface area (Å²) in [4.78, 5) is 15.9. The van der Waals surface area contributed by atoms with Crippen LogP contribution in [0.3, 0.4) is 0 Å². The lowest BCUT2D eigenvalue weighted by Crippen LogP contribution is -2.03. The Morgan fingerprint density at radius 2 is 1.02 bits per heavy atom. The highest BCUT2D eigenvalue weighted by molar-refractivity contribution is 7.25. The molecular formula is C51H30N4OS. The molecule has 0 aliphatic heterocycles. The average molecular weight is 747 g/mol. The van der Waals surface area contributed by atoms with Gasteiger partial charge in [0.25, 0.3) is 0 Å². The summed E-state index contributed by atoms with van der Waals surface area (Å²) in [5.41, 5.74) is 9.81. The quantitative estimate of drug-likeness (QED) is 0.176. The van der Waals surface area contributed by atoms with Gasteiger partial charge in [-0.3, -0.25) is 0 Å². The van der Waals surface area contributed by atoms with Crippen LogP contribution < -0.4 is 0 Å². The lowest BCUT2D eigenvalue weighted by molar-refractivity contribution is 0.669. The van der Waals surface area contributed by atoms with Gasteiger partial charge in [-0.2, -0.15) is 0 Å². The van der Waals surface area contributed by atoms with Gasteiger partial charge in [-0.1, -0.05) is 115 Å². The Kier molecular flexibility index (Phi) is 7.03. The summed E-state index contributed by atoms with van der Waals surface area (Å²) in [5.74, 6) is 1.74. The molecule has 8 aromatic carbocycles. The maximum atomic E-state index is 6.54. The first kappa shape index (κ1) is 31.9. The van der Waals surface area contributed by atoms with E-state index in [1.54, 1.807) is 11.3 Å². The zero-order chi connectivity index (χ0) is 37.5. The summed E-state index contributed by atoms with van der Waals surface area (Å²) in [6.45, 7) is 0. The van der Waals surface area contributed by atoms with Crippen molar-refractivity contribution in [3.8, 4) is 51.0 Å². The summed E-state index contributed by atoms with van der Waals surface area (Å²) in [5, 5.41) is 6.88. The Bertz CT molecular complexity index is 3540. The monoisotopic (exact) mass is 746 g/mol.